The first-order chi connectivity index (χ1) is 17.7. The van der Waals surface area contributed by atoms with Gasteiger partial charge in [0.1, 0.15) is 17.3 Å². The van der Waals surface area contributed by atoms with Crippen LogP contribution in [-0.4, -0.2) is 32.4 Å². The molecule has 3 aromatic carbocycles. The van der Waals surface area contributed by atoms with E-state index in [9.17, 15) is 19.1 Å². The van der Waals surface area contributed by atoms with Gasteiger partial charge in [-0.05, 0) is 49.7 Å². The number of carbonyl (C=O) groups is 2. The van der Waals surface area contributed by atoms with Crippen molar-refractivity contribution in [3.8, 4) is 5.75 Å². The van der Waals surface area contributed by atoms with Gasteiger partial charge in [0.25, 0.3) is 11.7 Å². The van der Waals surface area contributed by atoms with Gasteiger partial charge in [-0.1, -0.05) is 42.5 Å². The summed E-state index contributed by atoms with van der Waals surface area (Å²) in [5, 5.41) is 12.3. The molecule has 37 heavy (non-hydrogen) atoms. The first kappa shape index (κ1) is 24.3. The van der Waals surface area contributed by atoms with Gasteiger partial charge in [0.05, 0.1) is 17.7 Å². The molecule has 4 aromatic rings. The van der Waals surface area contributed by atoms with Crippen molar-refractivity contribution < 1.29 is 23.8 Å². The summed E-state index contributed by atoms with van der Waals surface area (Å²) in [5.41, 5.74) is 2.70. The molecule has 7 heteroatoms. The molecule has 0 radical (unpaired) electrons. The molecular weight excluding hydrogens is 471 g/mol. The zero-order valence-electron chi connectivity index (χ0n) is 20.8. The van der Waals surface area contributed by atoms with E-state index in [1.54, 1.807) is 36.4 Å². The molecule has 0 aliphatic carbocycles. The number of hydrogen-bond acceptors (Lipinski definition) is 4. The third-order valence-corrected chi connectivity index (χ3v) is 6.51. The number of ether oxygens (including phenoxy) is 1. The summed E-state index contributed by atoms with van der Waals surface area (Å²) in [5.74, 6) is -1.61. The van der Waals surface area contributed by atoms with E-state index >= 15 is 0 Å². The number of nitrogens with zero attached hydrogens (tertiary/aromatic N) is 2. The molecule has 0 saturated carbocycles. The van der Waals surface area contributed by atoms with Crippen LogP contribution < -0.4 is 4.74 Å². The van der Waals surface area contributed by atoms with Crippen molar-refractivity contribution in [3.63, 3.8) is 0 Å². The number of fused-ring (bicyclic) bond motifs is 1. The predicted octanol–water partition coefficient (Wildman–Crippen LogP) is 5.73. The van der Waals surface area contributed by atoms with E-state index in [-0.39, 0.29) is 29.8 Å². The van der Waals surface area contributed by atoms with Crippen LogP contribution in [0.4, 0.5) is 4.39 Å². The van der Waals surface area contributed by atoms with Crippen LogP contribution in [0.3, 0.4) is 0 Å². The summed E-state index contributed by atoms with van der Waals surface area (Å²) >= 11 is 0. The highest BCUT2D eigenvalue weighted by Gasteiger charge is 2.47. The maximum atomic E-state index is 13.5. The van der Waals surface area contributed by atoms with Gasteiger partial charge in [0.15, 0.2) is 0 Å². The monoisotopic (exact) mass is 498 g/mol. The Morgan fingerprint density at radius 2 is 1.76 bits per heavy atom. The number of ketones is 1. The first-order valence-electron chi connectivity index (χ1n) is 12.1. The summed E-state index contributed by atoms with van der Waals surface area (Å²) in [7, 11) is 1.89. The average molecular weight is 499 g/mol. The van der Waals surface area contributed by atoms with Crippen molar-refractivity contribution >= 4 is 28.4 Å². The van der Waals surface area contributed by atoms with Crippen LogP contribution in [0, 0.1) is 5.82 Å². The lowest BCUT2D eigenvalue weighted by Crippen LogP contribution is -2.29. The SMILES string of the molecule is CC(C)Oc1cccc(/C(O)=C2\C(=O)C(=O)N(Cc3ccc(F)cc3)C2c2cn(C)c3ccccc23)c1. The Morgan fingerprint density at radius 1 is 1.03 bits per heavy atom. The molecule has 2 heterocycles. The molecule has 5 rings (SSSR count). The lowest BCUT2D eigenvalue weighted by molar-refractivity contribution is -0.140. The normalized spacial score (nSPS) is 17.2. The molecule has 1 N–H and O–H groups in total. The van der Waals surface area contributed by atoms with Gasteiger partial charge in [-0.15, -0.1) is 0 Å². The number of aliphatic hydroxyl groups excluding tert-OH is 1. The van der Waals surface area contributed by atoms with Gasteiger partial charge in [-0.3, -0.25) is 9.59 Å². The highest BCUT2D eigenvalue weighted by Crippen LogP contribution is 2.43. The van der Waals surface area contributed by atoms with Crippen LogP contribution in [0.2, 0.25) is 0 Å². The second-order valence-corrected chi connectivity index (χ2v) is 9.46. The number of hydrogen-bond donors (Lipinski definition) is 1. The van der Waals surface area contributed by atoms with Crippen LogP contribution in [0.25, 0.3) is 16.7 Å². The second kappa shape index (κ2) is 9.58. The van der Waals surface area contributed by atoms with E-state index in [0.717, 1.165) is 16.5 Å². The molecule has 1 atom stereocenters. The number of likely N-dealkylation sites (tertiary alicyclic amines) is 1. The molecule has 1 aliphatic rings. The highest BCUT2D eigenvalue weighted by molar-refractivity contribution is 6.46. The fourth-order valence-electron chi connectivity index (χ4n) is 4.89. The Morgan fingerprint density at radius 3 is 2.49 bits per heavy atom. The van der Waals surface area contributed by atoms with E-state index < -0.39 is 17.7 Å². The third-order valence-electron chi connectivity index (χ3n) is 6.51. The molecule has 0 spiro atoms. The largest absolute Gasteiger partial charge is 0.507 e. The predicted molar refractivity (Wildman–Crippen MR) is 139 cm³/mol. The van der Waals surface area contributed by atoms with Crippen molar-refractivity contribution in [1.29, 1.82) is 0 Å². The molecule has 1 saturated heterocycles. The first-order valence-corrected chi connectivity index (χ1v) is 12.1. The second-order valence-electron chi connectivity index (χ2n) is 9.46. The third kappa shape index (κ3) is 4.48. The maximum Gasteiger partial charge on any atom is 0.295 e. The number of amides is 1. The Kier molecular flexibility index (Phi) is 6.29. The van der Waals surface area contributed by atoms with Gasteiger partial charge in [0, 0.05) is 41.8 Å². The van der Waals surface area contributed by atoms with Crippen molar-refractivity contribution in [2.75, 3.05) is 0 Å². The quantitative estimate of drug-likeness (QED) is 0.210. The van der Waals surface area contributed by atoms with Crippen molar-refractivity contribution in [1.82, 2.24) is 9.47 Å². The molecule has 1 amide bonds. The van der Waals surface area contributed by atoms with Crippen molar-refractivity contribution in [3.05, 3.63) is 107 Å². The number of halogens is 1. The topological polar surface area (TPSA) is 71.8 Å². The van der Waals surface area contributed by atoms with E-state index in [1.165, 1.54) is 17.0 Å². The standard InChI is InChI=1S/C30H27FN2O4/c1-18(2)37-22-8-6-7-20(15-22)28(34)26-27(24-17-32(3)25-10-5-4-9-23(24)25)33(30(36)29(26)35)16-19-11-13-21(31)14-12-19/h4-15,17-18,27,34H,16H2,1-3H3/b28-26+. The minimum absolute atomic E-state index is 0.00478. The summed E-state index contributed by atoms with van der Waals surface area (Å²) < 4.78 is 21.2. The molecule has 1 aliphatic heterocycles. The van der Waals surface area contributed by atoms with Crippen LogP contribution in [0.1, 0.15) is 36.6 Å². The molecule has 1 unspecified atom stereocenters. The summed E-state index contributed by atoms with van der Waals surface area (Å²) in [4.78, 5) is 28.3. The highest BCUT2D eigenvalue weighted by atomic mass is 19.1. The van der Waals surface area contributed by atoms with Crippen LogP contribution in [0.5, 0.6) is 5.75 Å². The number of carbonyl (C=O) groups excluding carboxylic acids is 2. The smallest absolute Gasteiger partial charge is 0.295 e. The van der Waals surface area contributed by atoms with E-state index in [4.69, 9.17) is 4.74 Å². The number of Topliss-reactive ketones (excluding diaryl/α,β-unsaturated/α-hetero) is 1. The van der Waals surface area contributed by atoms with Crippen molar-refractivity contribution in [2.24, 2.45) is 7.05 Å². The van der Waals surface area contributed by atoms with Crippen LogP contribution in [-0.2, 0) is 23.2 Å². The van der Waals surface area contributed by atoms with Gasteiger partial charge >= 0.3 is 0 Å². The summed E-state index contributed by atoms with van der Waals surface area (Å²) in [6, 6.07) is 19.5. The van der Waals surface area contributed by atoms with Gasteiger partial charge in [-0.25, -0.2) is 4.39 Å². The minimum Gasteiger partial charge on any atom is -0.507 e. The number of rotatable bonds is 6. The van der Waals surface area contributed by atoms with Gasteiger partial charge in [-0.2, -0.15) is 0 Å². The van der Waals surface area contributed by atoms with E-state index in [1.807, 2.05) is 55.9 Å². The molecular formula is C30H27FN2O4. The van der Waals surface area contributed by atoms with E-state index in [2.05, 4.69) is 0 Å². The zero-order chi connectivity index (χ0) is 26.3. The lowest BCUT2D eigenvalue weighted by atomic mass is 9.94. The molecule has 6 nitrogen and oxygen atoms in total. The van der Waals surface area contributed by atoms with Crippen molar-refractivity contribution in [2.45, 2.75) is 32.5 Å². The van der Waals surface area contributed by atoms with Gasteiger partial charge in [0.2, 0.25) is 0 Å². The fourth-order valence-corrected chi connectivity index (χ4v) is 4.89. The zero-order valence-corrected chi connectivity index (χ0v) is 20.8. The average Bonchev–Trinajstić information content (AvgIpc) is 3.33. The Balaban J connectivity index is 1.69. The molecule has 0 bridgehead atoms. The number of aromatic nitrogens is 1. The Hall–Kier alpha value is -4.39. The number of aryl methyl sites for hydroxylation is 1. The fraction of sp³-hybridized carbons (Fsp3) is 0.200. The molecule has 188 valence electrons. The van der Waals surface area contributed by atoms with Crippen LogP contribution >= 0.6 is 0 Å². The summed E-state index contributed by atoms with van der Waals surface area (Å²) in [6.07, 6.45) is 1.80. The lowest BCUT2D eigenvalue weighted by Gasteiger charge is -2.25. The number of aliphatic hydroxyl groups is 1. The summed E-state index contributed by atoms with van der Waals surface area (Å²) in [6.45, 7) is 3.87. The van der Waals surface area contributed by atoms with Gasteiger partial charge < -0.3 is 19.3 Å². The molecule has 1 fully saturated rings. The number of para-hydroxylation sites is 1. The van der Waals surface area contributed by atoms with E-state index in [0.29, 0.717) is 16.9 Å². The van der Waals surface area contributed by atoms with Crippen LogP contribution in [0.15, 0.2) is 84.6 Å². The Labute approximate surface area is 214 Å². The molecule has 1 aromatic heterocycles. The minimum atomic E-state index is -0.842. The Bertz CT molecular complexity index is 1530. The number of benzene rings is 3. The maximum absolute atomic E-state index is 13.5.